The van der Waals surface area contributed by atoms with Crippen molar-refractivity contribution in [3.05, 3.63) is 0 Å². The third-order valence-electron chi connectivity index (χ3n) is 0. The maximum atomic E-state index is 2.21. The molecule has 0 aliphatic carbocycles. The maximum Gasteiger partial charge on any atom is 0.191 e. The van der Waals surface area contributed by atoms with Crippen molar-refractivity contribution < 1.29 is 32.7 Å². The summed E-state index contributed by atoms with van der Waals surface area (Å²) in [5.74, 6) is 8.83. The van der Waals surface area contributed by atoms with E-state index in [1.54, 1.807) is 0 Å². The standard InChI is InChI=1S/3CH4.4CH3.2Al.Y/h3*1H4;4*1H3;;;. The molecule has 0 rings (SSSR count). The van der Waals surface area contributed by atoms with Gasteiger partial charge in [0.1, 0.15) is 0 Å². The molecule has 0 fully saturated rings. The van der Waals surface area contributed by atoms with E-state index in [9.17, 15) is 0 Å². The average Bonchev–Trinajstić information content (AvgIpc) is 1.39. The van der Waals surface area contributed by atoms with Crippen molar-refractivity contribution in [2.75, 3.05) is 0 Å². The Morgan fingerprint density at radius 2 is 0.600 bits per heavy atom. The van der Waals surface area contributed by atoms with E-state index in [4.69, 9.17) is 0 Å². The van der Waals surface area contributed by atoms with Gasteiger partial charge in [-0.2, -0.15) is 0 Å². The molecule has 0 saturated heterocycles. The minimum absolute atomic E-state index is 0. The topological polar surface area (TPSA) is 0 Å². The van der Waals surface area contributed by atoms with Gasteiger partial charge >= 0.3 is 0 Å². The maximum absolute atomic E-state index is 2.21. The van der Waals surface area contributed by atoms with Crippen LogP contribution in [0.3, 0.4) is 0 Å². The zero-order chi connectivity index (χ0) is 5.41. The molecule has 0 spiro atoms. The summed E-state index contributed by atoms with van der Waals surface area (Å²) in [6, 6.07) is 0. The van der Waals surface area contributed by atoms with E-state index in [0.717, 1.165) is 30.4 Å². The van der Waals surface area contributed by atoms with E-state index in [1.165, 1.54) is 0 Å². The molecule has 0 amide bonds. The van der Waals surface area contributed by atoms with E-state index in [0.29, 0.717) is 0 Å². The van der Waals surface area contributed by atoms with Crippen LogP contribution < -0.4 is 0 Å². The summed E-state index contributed by atoms with van der Waals surface area (Å²) in [6.07, 6.45) is 0. The summed E-state index contributed by atoms with van der Waals surface area (Å²) in [5, 5.41) is 0. The van der Waals surface area contributed by atoms with Crippen LogP contribution in [0.5, 0.6) is 0 Å². The smallest absolute Gasteiger partial charge is 0.115 e. The minimum Gasteiger partial charge on any atom is -0.115 e. The van der Waals surface area contributed by atoms with E-state index < -0.39 is 0 Å². The largest absolute Gasteiger partial charge is 0.191 e. The Hall–Kier alpha value is 2.17. The van der Waals surface area contributed by atoms with Gasteiger partial charge in [0.05, 0.1) is 0 Å². The fourth-order valence-electron chi connectivity index (χ4n) is 0. The second-order valence-electron chi connectivity index (χ2n) is 1.15. The molecule has 0 aromatic carbocycles. The molecule has 0 atom stereocenters. The zero-order valence-electron chi connectivity index (χ0n) is 5.73. The molecule has 0 nitrogen and oxygen atoms in total. The van der Waals surface area contributed by atoms with Gasteiger partial charge in [0.25, 0.3) is 0 Å². The first-order chi connectivity index (χ1) is 2.83. The molecule has 0 unspecified atom stereocenters. The molecule has 0 heterocycles. The third kappa shape index (κ3) is 182. The summed E-state index contributed by atoms with van der Waals surface area (Å²) in [5.41, 5.74) is 0. The number of rotatable bonds is 0. The average molecular weight is 251 g/mol. The van der Waals surface area contributed by atoms with Crippen molar-refractivity contribution in [1.29, 1.82) is 0 Å². The molecule has 0 aromatic heterocycles. The molecule has 0 saturated carbocycles. The van der Waals surface area contributed by atoms with E-state index in [-0.39, 0.29) is 55.0 Å². The van der Waals surface area contributed by atoms with Crippen LogP contribution in [0.2, 0.25) is 23.1 Å². The van der Waals surface area contributed by atoms with Crippen LogP contribution in [0, 0.1) is 0 Å². The first-order valence-corrected chi connectivity index (χ1v) is 6.93. The van der Waals surface area contributed by atoms with Gasteiger partial charge in [-0.05, 0) is 0 Å². The minimum atomic E-state index is 0. The SMILES string of the molecule is C.C.C.[CH3][Al][CH3].[CH3][Al][CH3].[Y]. The Kier molecular flexibility index (Phi) is 265. The molecule has 0 aromatic rings. The first-order valence-electron chi connectivity index (χ1n) is 2.31. The van der Waals surface area contributed by atoms with Crippen LogP contribution in [-0.2, 0) is 32.7 Å². The molecule has 0 aliphatic rings. The molecular weight excluding hydrogens is 227 g/mol. The Morgan fingerprint density at radius 3 is 0.600 bits per heavy atom. The van der Waals surface area contributed by atoms with Gasteiger partial charge in [-0.3, -0.25) is 0 Å². The molecule has 61 valence electrons. The van der Waals surface area contributed by atoms with Crippen molar-refractivity contribution in [3.63, 3.8) is 0 Å². The van der Waals surface area contributed by atoms with Crippen molar-refractivity contribution >= 4 is 30.4 Å². The van der Waals surface area contributed by atoms with Gasteiger partial charge in [0.2, 0.25) is 0 Å². The van der Waals surface area contributed by atoms with Crippen molar-refractivity contribution in [3.8, 4) is 0 Å². The van der Waals surface area contributed by atoms with Crippen molar-refractivity contribution in [1.82, 2.24) is 0 Å². The summed E-state index contributed by atoms with van der Waals surface area (Å²) in [4.78, 5) is 0. The van der Waals surface area contributed by atoms with Gasteiger partial charge in [-0.25, -0.2) is 0 Å². The second kappa shape index (κ2) is 66.5. The van der Waals surface area contributed by atoms with Crippen LogP contribution in [0.4, 0.5) is 0 Å². The molecule has 10 heavy (non-hydrogen) atoms. The fraction of sp³-hybridized carbons (Fsp3) is 1.00. The Balaban J connectivity index is -0.00000000571. The van der Waals surface area contributed by atoms with Gasteiger partial charge < -0.3 is 0 Å². The van der Waals surface area contributed by atoms with E-state index >= 15 is 0 Å². The molecule has 0 N–H and O–H groups in total. The van der Waals surface area contributed by atoms with E-state index in [2.05, 4.69) is 23.1 Å². The van der Waals surface area contributed by atoms with Gasteiger partial charge in [-0.1, -0.05) is 22.3 Å². The Bertz CT molecular complexity index is 13.6. The van der Waals surface area contributed by atoms with Crippen LogP contribution in [0.15, 0.2) is 0 Å². The Labute approximate surface area is 107 Å². The van der Waals surface area contributed by atoms with Crippen molar-refractivity contribution in [2.24, 2.45) is 0 Å². The summed E-state index contributed by atoms with van der Waals surface area (Å²) < 4.78 is 0. The molecule has 3 heteroatoms. The van der Waals surface area contributed by atoms with Crippen LogP contribution in [0.25, 0.3) is 0 Å². The van der Waals surface area contributed by atoms with Gasteiger partial charge in [0.15, 0.2) is 30.4 Å². The predicted octanol–water partition coefficient (Wildman–Crippen LogP) is 3.48. The number of hydrogen-bond donors (Lipinski definition) is 0. The summed E-state index contributed by atoms with van der Waals surface area (Å²) in [6.45, 7) is 0. The first kappa shape index (κ1) is 39.9. The van der Waals surface area contributed by atoms with Gasteiger partial charge in [0, 0.05) is 32.7 Å². The molecule has 0 bridgehead atoms. The third-order valence-corrected chi connectivity index (χ3v) is 0. The van der Waals surface area contributed by atoms with Crippen LogP contribution in [0.1, 0.15) is 22.3 Å². The molecule has 3 radical (unpaired) electrons. The predicted molar refractivity (Wildman–Crippen MR) is 55.2 cm³/mol. The van der Waals surface area contributed by atoms with Crippen LogP contribution in [-0.4, -0.2) is 30.4 Å². The Morgan fingerprint density at radius 1 is 0.600 bits per heavy atom. The molecular formula is C7H24Al2Y. The monoisotopic (exact) mass is 251 g/mol. The quantitative estimate of drug-likeness (QED) is 0.578. The van der Waals surface area contributed by atoms with Crippen LogP contribution >= 0.6 is 0 Å². The van der Waals surface area contributed by atoms with Crippen molar-refractivity contribution in [2.45, 2.75) is 45.4 Å². The fourth-order valence-corrected chi connectivity index (χ4v) is 0. The second-order valence-corrected chi connectivity index (χ2v) is 3.46. The summed E-state index contributed by atoms with van der Waals surface area (Å²) >= 11 is 1.50. The summed E-state index contributed by atoms with van der Waals surface area (Å²) in [7, 11) is 0. The number of hydrogen-bond acceptors (Lipinski definition) is 0. The molecule has 0 aliphatic heterocycles. The normalized spacial score (nSPS) is 2.80. The van der Waals surface area contributed by atoms with Gasteiger partial charge in [-0.15, -0.1) is 23.1 Å². The zero-order valence-corrected chi connectivity index (χ0v) is 10.9. The van der Waals surface area contributed by atoms with E-state index in [1.807, 2.05) is 0 Å².